The van der Waals surface area contributed by atoms with Crippen molar-refractivity contribution in [1.82, 2.24) is 10.2 Å². The Balaban J connectivity index is 1.44. The van der Waals surface area contributed by atoms with Crippen LogP contribution in [0, 0.1) is 0 Å². The number of amides is 1. The van der Waals surface area contributed by atoms with Crippen LogP contribution in [0.1, 0.15) is 5.56 Å². The van der Waals surface area contributed by atoms with Crippen LogP contribution in [0.4, 0.5) is 5.13 Å². The van der Waals surface area contributed by atoms with E-state index in [4.69, 9.17) is 21.1 Å². The van der Waals surface area contributed by atoms with E-state index in [1.165, 1.54) is 17.4 Å². The molecular weight excluding hydrogens is 386 g/mol. The van der Waals surface area contributed by atoms with Crippen molar-refractivity contribution in [2.45, 2.75) is 0 Å². The van der Waals surface area contributed by atoms with Crippen LogP contribution in [-0.2, 0) is 4.79 Å². The maximum atomic E-state index is 12.2. The van der Waals surface area contributed by atoms with Gasteiger partial charge in [-0.25, -0.2) is 0 Å². The van der Waals surface area contributed by atoms with Gasteiger partial charge in [0.1, 0.15) is 18.2 Å². The Morgan fingerprint density at radius 2 is 1.96 bits per heavy atom. The lowest BCUT2D eigenvalue weighted by Gasteiger charge is -2.19. The smallest absolute Gasteiger partial charge is 0.250 e. The molecule has 4 rings (SSSR count). The minimum Gasteiger partial charge on any atom is -0.486 e. The van der Waals surface area contributed by atoms with Crippen LogP contribution in [0.5, 0.6) is 11.5 Å². The molecule has 0 spiro atoms. The maximum Gasteiger partial charge on any atom is 0.250 e. The maximum absolute atomic E-state index is 12.2. The first-order chi connectivity index (χ1) is 13.2. The number of rotatable bonds is 4. The Bertz CT molecular complexity index is 1000. The number of benzene rings is 2. The van der Waals surface area contributed by atoms with Crippen molar-refractivity contribution in [1.29, 1.82) is 0 Å². The molecule has 2 aromatic carbocycles. The third-order valence-electron chi connectivity index (χ3n) is 3.72. The molecule has 6 nitrogen and oxygen atoms in total. The van der Waals surface area contributed by atoms with Gasteiger partial charge < -0.3 is 9.47 Å². The first-order valence-electron chi connectivity index (χ1n) is 8.16. The van der Waals surface area contributed by atoms with Crippen molar-refractivity contribution in [3.05, 3.63) is 59.1 Å². The van der Waals surface area contributed by atoms with Gasteiger partial charge in [-0.05, 0) is 23.8 Å². The summed E-state index contributed by atoms with van der Waals surface area (Å²) in [6, 6.07) is 13.2. The summed E-state index contributed by atoms with van der Waals surface area (Å²) >= 11 is 7.51. The summed E-state index contributed by atoms with van der Waals surface area (Å²) in [5.74, 6) is 0.800. The van der Waals surface area contributed by atoms with Gasteiger partial charge in [0.05, 0.1) is 5.02 Å². The first kappa shape index (κ1) is 17.5. The number of nitrogens with one attached hydrogen (secondary N) is 1. The molecule has 1 aromatic heterocycles. The predicted molar refractivity (Wildman–Crippen MR) is 105 cm³/mol. The second kappa shape index (κ2) is 7.77. The van der Waals surface area contributed by atoms with Gasteiger partial charge in [0, 0.05) is 11.6 Å². The number of ether oxygens (including phenoxy) is 2. The van der Waals surface area contributed by atoms with Crippen molar-refractivity contribution in [2.75, 3.05) is 18.5 Å². The van der Waals surface area contributed by atoms with Crippen LogP contribution < -0.4 is 14.8 Å². The Morgan fingerprint density at radius 1 is 1.15 bits per heavy atom. The van der Waals surface area contributed by atoms with E-state index in [-0.39, 0.29) is 5.91 Å². The number of halogens is 1. The molecule has 8 heteroatoms. The van der Waals surface area contributed by atoms with Gasteiger partial charge in [-0.3, -0.25) is 10.1 Å². The number of nitrogens with zero attached hydrogens (tertiary/aromatic N) is 2. The van der Waals surface area contributed by atoms with E-state index in [0.717, 1.165) is 16.1 Å². The topological polar surface area (TPSA) is 73.3 Å². The second-order valence-electron chi connectivity index (χ2n) is 5.63. The van der Waals surface area contributed by atoms with Gasteiger partial charge >= 0.3 is 0 Å². The lowest BCUT2D eigenvalue weighted by molar-refractivity contribution is -0.111. The number of carbonyl (C=O) groups is 1. The molecule has 0 saturated heterocycles. The number of carbonyl (C=O) groups excluding carboxylic acids is 1. The fourth-order valence-electron chi connectivity index (χ4n) is 2.52. The Hall–Kier alpha value is -2.90. The van der Waals surface area contributed by atoms with Crippen LogP contribution in [-0.4, -0.2) is 29.3 Å². The van der Waals surface area contributed by atoms with Crippen LogP contribution >= 0.6 is 22.9 Å². The number of anilines is 1. The summed E-state index contributed by atoms with van der Waals surface area (Å²) in [6.07, 6.45) is 3.06. The quantitative estimate of drug-likeness (QED) is 0.663. The predicted octanol–water partition coefficient (Wildman–Crippen LogP) is 4.28. The molecule has 1 N–H and O–H groups in total. The lowest BCUT2D eigenvalue weighted by Crippen LogP contribution is -2.15. The Morgan fingerprint density at radius 3 is 2.81 bits per heavy atom. The van der Waals surface area contributed by atoms with Crippen molar-refractivity contribution < 1.29 is 14.3 Å². The van der Waals surface area contributed by atoms with Crippen molar-refractivity contribution in [3.63, 3.8) is 0 Å². The fraction of sp³-hybridized carbons (Fsp3) is 0.105. The number of hydrogen-bond donors (Lipinski definition) is 1. The monoisotopic (exact) mass is 399 g/mol. The van der Waals surface area contributed by atoms with E-state index in [2.05, 4.69) is 15.5 Å². The van der Waals surface area contributed by atoms with E-state index >= 15 is 0 Å². The Labute approximate surface area is 164 Å². The minimum atomic E-state index is -0.309. The summed E-state index contributed by atoms with van der Waals surface area (Å²) in [7, 11) is 0. The molecule has 3 aromatic rings. The average molecular weight is 400 g/mol. The van der Waals surface area contributed by atoms with E-state index in [0.29, 0.717) is 34.9 Å². The Kier molecular flexibility index (Phi) is 5.04. The first-order valence-corrected chi connectivity index (χ1v) is 9.35. The molecule has 1 amide bonds. The molecular formula is C19H14ClN3O3S. The molecule has 0 atom stereocenters. The fourth-order valence-corrected chi connectivity index (χ4v) is 3.54. The molecule has 1 aliphatic rings. The SMILES string of the molecule is O=C(/C=C/c1cc(Cl)c2c(c1)OCCO2)Nc1nnc(-c2ccccc2)s1. The van der Waals surface area contributed by atoms with Crippen LogP contribution in [0.25, 0.3) is 16.6 Å². The van der Waals surface area contributed by atoms with Gasteiger partial charge in [0.2, 0.25) is 11.0 Å². The standard InChI is InChI=1S/C19H14ClN3O3S/c20-14-10-12(11-15-17(14)26-9-8-25-15)6-7-16(24)21-19-23-22-18(27-19)13-4-2-1-3-5-13/h1-7,10-11H,8-9H2,(H,21,23,24)/b7-6+. The third-order valence-corrected chi connectivity index (χ3v) is 4.89. The molecule has 0 aliphatic carbocycles. The lowest BCUT2D eigenvalue weighted by atomic mass is 10.1. The minimum absolute atomic E-state index is 0.309. The van der Waals surface area contributed by atoms with E-state index in [1.54, 1.807) is 18.2 Å². The van der Waals surface area contributed by atoms with Crippen LogP contribution in [0.3, 0.4) is 0 Å². The molecule has 136 valence electrons. The molecule has 0 bridgehead atoms. The van der Waals surface area contributed by atoms with Crippen molar-refractivity contribution in [2.24, 2.45) is 0 Å². The van der Waals surface area contributed by atoms with Crippen molar-refractivity contribution in [3.8, 4) is 22.1 Å². The zero-order valence-corrected chi connectivity index (χ0v) is 15.6. The highest BCUT2D eigenvalue weighted by atomic mass is 35.5. The zero-order chi connectivity index (χ0) is 18.6. The summed E-state index contributed by atoms with van der Waals surface area (Å²) < 4.78 is 11.0. The number of fused-ring (bicyclic) bond motifs is 1. The van der Waals surface area contributed by atoms with Crippen LogP contribution in [0.2, 0.25) is 5.02 Å². The summed E-state index contributed by atoms with van der Waals surface area (Å²) in [4.78, 5) is 12.2. The normalized spacial score (nSPS) is 12.9. The summed E-state index contributed by atoms with van der Waals surface area (Å²) in [5.41, 5.74) is 1.69. The molecule has 0 fully saturated rings. The molecule has 1 aliphatic heterocycles. The molecule has 0 saturated carbocycles. The molecule has 2 heterocycles. The van der Waals surface area contributed by atoms with E-state index < -0.39 is 0 Å². The third kappa shape index (κ3) is 4.10. The average Bonchev–Trinajstić information content (AvgIpc) is 3.16. The van der Waals surface area contributed by atoms with Gasteiger partial charge in [0.25, 0.3) is 0 Å². The molecule has 27 heavy (non-hydrogen) atoms. The van der Waals surface area contributed by atoms with Crippen molar-refractivity contribution >= 4 is 40.1 Å². The highest BCUT2D eigenvalue weighted by Crippen LogP contribution is 2.38. The molecule has 0 radical (unpaired) electrons. The second-order valence-corrected chi connectivity index (χ2v) is 7.01. The zero-order valence-electron chi connectivity index (χ0n) is 14.0. The summed E-state index contributed by atoms with van der Waals surface area (Å²) in [5, 5.41) is 12.4. The van der Waals surface area contributed by atoms with Gasteiger partial charge in [-0.15, -0.1) is 10.2 Å². The molecule has 0 unspecified atom stereocenters. The van der Waals surface area contributed by atoms with Gasteiger partial charge in [0.15, 0.2) is 11.5 Å². The van der Waals surface area contributed by atoms with E-state index in [1.807, 2.05) is 30.3 Å². The van der Waals surface area contributed by atoms with Gasteiger partial charge in [-0.2, -0.15) is 0 Å². The largest absolute Gasteiger partial charge is 0.486 e. The number of aromatic nitrogens is 2. The van der Waals surface area contributed by atoms with Gasteiger partial charge in [-0.1, -0.05) is 53.3 Å². The number of hydrogen-bond acceptors (Lipinski definition) is 6. The highest BCUT2D eigenvalue weighted by Gasteiger charge is 2.16. The highest BCUT2D eigenvalue weighted by molar-refractivity contribution is 7.18. The van der Waals surface area contributed by atoms with E-state index in [9.17, 15) is 4.79 Å². The van der Waals surface area contributed by atoms with Crippen LogP contribution in [0.15, 0.2) is 48.5 Å². The summed E-state index contributed by atoms with van der Waals surface area (Å²) in [6.45, 7) is 0.939.